The first-order valence-corrected chi connectivity index (χ1v) is 11.5. The van der Waals surface area contributed by atoms with Crippen molar-refractivity contribution >= 4 is 5.69 Å². The van der Waals surface area contributed by atoms with Crippen LogP contribution in [0, 0.1) is 0 Å². The van der Waals surface area contributed by atoms with Gasteiger partial charge < -0.3 is 19.5 Å². The van der Waals surface area contributed by atoms with Crippen LogP contribution in [0.3, 0.4) is 0 Å². The molecule has 1 N–H and O–H groups in total. The Balaban J connectivity index is 1.77. The number of aliphatic hydroxyl groups excluding tert-OH is 1. The van der Waals surface area contributed by atoms with Crippen molar-refractivity contribution in [1.82, 2.24) is 0 Å². The van der Waals surface area contributed by atoms with E-state index < -0.39 is 49.1 Å². The van der Waals surface area contributed by atoms with E-state index in [1.54, 1.807) is 6.07 Å². The number of rotatable bonds is 6. The first-order chi connectivity index (χ1) is 18.1. The second kappa shape index (κ2) is 10.5. The van der Waals surface area contributed by atoms with Gasteiger partial charge in [0.15, 0.2) is 6.10 Å². The number of aliphatic hydroxyl groups is 1. The maximum absolute atomic E-state index is 13.4. The molecule has 0 saturated heterocycles. The molecule has 3 aromatic carbocycles. The second-order valence-electron chi connectivity index (χ2n) is 8.76. The van der Waals surface area contributed by atoms with Gasteiger partial charge >= 0.3 is 18.9 Å². The molecule has 0 fully saturated rings. The van der Waals surface area contributed by atoms with Gasteiger partial charge in [-0.15, -0.1) is 26.3 Å². The number of anilines is 1. The van der Waals surface area contributed by atoms with Crippen molar-refractivity contribution in [3.05, 3.63) is 77.9 Å². The molecule has 0 bridgehead atoms. The molecule has 4 rings (SSSR count). The third-order valence-corrected chi connectivity index (χ3v) is 6.11. The Hall–Kier alpha value is -3.61. The third-order valence-electron chi connectivity index (χ3n) is 6.11. The number of ether oxygens (including phenoxy) is 2. The lowest BCUT2D eigenvalue weighted by molar-refractivity contribution is -0.275. The van der Waals surface area contributed by atoms with Gasteiger partial charge in [0, 0.05) is 5.69 Å². The lowest BCUT2D eigenvalue weighted by Gasteiger charge is -2.41. The van der Waals surface area contributed by atoms with E-state index in [-0.39, 0.29) is 24.1 Å². The predicted molar refractivity (Wildman–Crippen MR) is 122 cm³/mol. The molecule has 0 radical (unpaired) electrons. The molecule has 39 heavy (non-hydrogen) atoms. The molecule has 210 valence electrons. The second-order valence-corrected chi connectivity index (χ2v) is 8.76. The summed E-state index contributed by atoms with van der Waals surface area (Å²) in [6, 6.07) is 13.6. The van der Waals surface area contributed by atoms with Crippen LogP contribution in [0.4, 0.5) is 45.2 Å². The van der Waals surface area contributed by atoms with E-state index in [2.05, 4.69) is 9.47 Å². The Morgan fingerprint density at radius 3 is 2.00 bits per heavy atom. The zero-order chi connectivity index (χ0) is 28.6. The van der Waals surface area contributed by atoms with Crippen molar-refractivity contribution in [3.8, 4) is 22.6 Å². The van der Waals surface area contributed by atoms with E-state index in [1.165, 1.54) is 41.3 Å². The van der Waals surface area contributed by atoms with Crippen molar-refractivity contribution in [2.45, 2.75) is 43.9 Å². The number of hydrogen-bond donors (Lipinski definition) is 1. The van der Waals surface area contributed by atoms with Gasteiger partial charge in [-0.05, 0) is 65.4 Å². The molecule has 0 saturated carbocycles. The van der Waals surface area contributed by atoms with Crippen molar-refractivity contribution in [2.24, 2.45) is 0 Å². The van der Waals surface area contributed by atoms with Crippen LogP contribution in [0.25, 0.3) is 11.1 Å². The van der Waals surface area contributed by atoms with Crippen LogP contribution in [0.5, 0.6) is 11.5 Å². The molecule has 13 heteroatoms. The van der Waals surface area contributed by atoms with Gasteiger partial charge in [0.25, 0.3) is 0 Å². The third kappa shape index (κ3) is 7.08. The summed E-state index contributed by atoms with van der Waals surface area (Å²) >= 11 is 0. The van der Waals surface area contributed by atoms with E-state index >= 15 is 0 Å². The summed E-state index contributed by atoms with van der Waals surface area (Å²) in [7, 11) is 0. The molecule has 0 amide bonds. The van der Waals surface area contributed by atoms with Crippen LogP contribution in [-0.2, 0) is 6.42 Å². The fraction of sp³-hybridized carbons (Fsp3) is 0.308. The fourth-order valence-electron chi connectivity index (χ4n) is 4.62. The lowest BCUT2D eigenvalue weighted by Crippen LogP contribution is -2.44. The number of nitrogens with zero attached hydrogens (tertiary/aromatic N) is 1. The van der Waals surface area contributed by atoms with Gasteiger partial charge in [0.2, 0.25) is 0 Å². The molecule has 4 nitrogen and oxygen atoms in total. The van der Waals surface area contributed by atoms with Gasteiger partial charge in [-0.2, -0.15) is 13.2 Å². The summed E-state index contributed by atoms with van der Waals surface area (Å²) in [6.07, 6.45) is -17.3. The molecule has 1 aliphatic rings. The Bertz CT molecular complexity index is 1300. The number of alkyl halides is 9. The van der Waals surface area contributed by atoms with E-state index in [9.17, 15) is 44.6 Å². The normalized spacial score (nSPS) is 17.0. The molecule has 3 aromatic rings. The molecule has 0 aromatic heterocycles. The smallest absolute Gasteiger partial charge is 0.406 e. The Kier molecular flexibility index (Phi) is 7.66. The Morgan fingerprint density at radius 1 is 0.795 bits per heavy atom. The lowest BCUT2D eigenvalue weighted by atomic mass is 9.86. The number of hydrogen-bond acceptors (Lipinski definition) is 4. The summed E-state index contributed by atoms with van der Waals surface area (Å²) in [4.78, 5) is 1.24. The van der Waals surface area contributed by atoms with Gasteiger partial charge in [0.05, 0.1) is 12.6 Å². The minimum Gasteiger partial charge on any atom is -0.406 e. The minimum absolute atomic E-state index is 0.128. The highest BCUT2D eigenvalue weighted by molar-refractivity contribution is 5.76. The van der Waals surface area contributed by atoms with Gasteiger partial charge in [-0.25, -0.2) is 0 Å². The molecule has 0 spiro atoms. The molecular weight excluding hydrogens is 545 g/mol. The highest BCUT2D eigenvalue weighted by Crippen LogP contribution is 2.44. The highest BCUT2D eigenvalue weighted by Gasteiger charge is 2.42. The number of fused-ring (bicyclic) bond motifs is 1. The maximum atomic E-state index is 13.4. The standard InChI is InChI=1S/C26H20F9NO3/c27-24(28,29)23(37)14-36-21(16-5-2-7-18(13-16)39-26(33,34)35)11-10-20-19(8-3-9-22(20)36)15-4-1-6-17(12-15)38-25(30,31)32/h1-9,12-13,21,23,37H,10-11,14H2/t21-,23-/m1/s1. The Labute approximate surface area is 216 Å². The van der Waals surface area contributed by atoms with Crippen molar-refractivity contribution in [1.29, 1.82) is 0 Å². The first-order valence-electron chi connectivity index (χ1n) is 11.5. The molecule has 1 heterocycles. The van der Waals surface area contributed by atoms with Gasteiger partial charge in [-0.3, -0.25) is 0 Å². The quantitative estimate of drug-likeness (QED) is 0.313. The molecule has 1 aliphatic heterocycles. The van der Waals surface area contributed by atoms with Crippen molar-refractivity contribution < 1.29 is 54.1 Å². The van der Waals surface area contributed by atoms with E-state index in [0.29, 0.717) is 16.7 Å². The molecule has 0 unspecified atom stereocenters. The van der Waals surface area contributed by atoms with Crippen LogP contribution in [0.2, 0.25) is 0 Å². The highest BCUT2D eigenvalue weighted by atomic mass is 19.4. The summed E-state index contributed by atoms with van der Waals surface area (Å²) in [6.45, 7) is -0.938. The Morgan fingerprint density at radius 2 is 1.38 bits per heavy atom. The van der Waals surface area contributed by atoms with Crippen LogP contribution in [-0.4, -0.2) is 36.7 Å². The molecular formula is C26H20F9NO3. The first kappa shape index (κ1) is 28.4. The fourth-order valence-corrected chi connectivity index (χ4v) is 4.62. The predicted octanol–water partition coefficient (Wildman–Crippen LogP) is 7.57. The van der Waals surface area contributed by atoms with E-state index in [0.717, 1.165) is 24.3 Å². The number of β-amino-alcohol motifs (C(OH)–C–C–N with tert-alkyl or cyclic N) is 1. The van der Waals surface area contributed by atoms with Crippen LogP contribution in [0.1, 0.15) is 23.6 Å². The van der Waals surface area contributed by atoms with Crippen molar-refractivity contribution in [3.63, 3.8) is 0 Å². The summed E-state index contributed by atoms with van der Waals surface area (Å²) < 4.78 is 124. The molecule has 2 atom stereocenters. The maximum Gasteiger partial charge on any atom is 0.573 e. The van der Waals surface area contributed by atoms with E-state index in [1.807, 2.05) is 0 Å². The van der Waals surface area contributed by atoms with Crippen LogP contribution < -0.4 is 14.4 Å². The van der Waals surface area contributed by atoms with Gasteiger partial charge in [-0.1, -0.05) is 36.4 Å². The monoisotopic (exact) mass is 565 g/mol. The van der Waals surface area contributed by atoms with Crippen LogP contribution >= 0.6 is 0 Å². The summed E-state index contributed by atoms with van der Waals surface area (Å²) in [5, 5.41) is 9.90. The number of halogens is 9. The number of benzene rings is 3. The largest absolute Gasteiger partial charge is 0.573 e. The summed E-state index contributed by atoms with van der Waals surface area (Å²) in [5.74, 6) is -1.05. The average Bonchev–Trinajstić information content (AvgIpc) is 2.81. The molecule has 0 aliphatic carbocycles. The average molecular weight is 565 g/mol. The van der Waals surface area contributed by atoms with E-state index in [4.69, 9.17) is 0 Å². The zero-order valence-corrected chi connectivity index (χ0v) is 19.7. The van der Waals surface area contributed by atoms with Gasteiger partial charge in [0.1, 0.15) is 11.5 Å². The summed E-state index contributed by atoms with van der Waals surface area (Å²) in [5.41, 5.74) is 1.71. The SMILES string of the molecule is O[C@H](CN1c2cccc(-c3cccc(OC(F)(F)F)c3)c2CC[C@@H]1c1cccc(OC(F)(F)F)c1)C(F)(F)F. The van der Waals surface area contributed by atoms with Crippen molar-refractivity contribution in [2.75, 3.05) is 11.4 Å². The van der Waals surface area contributed by atoms with Crippen LogP contribution in [0.15, 0.2) is 66.7 Å². The zero-order valence-electron chi connectivity index (χ0n) is 19.7. The topological polar surface area (TPSA) is 41.9 Å². The minimum atomic E-state index is -4.98.